The second-order valence-electron chi connectivity index (χ2n) is 6.40. The average Bonchev–Trinajstić information content (AvgIpc) is 2.71. The highest BCUT2D eigenvalue weighted by atomic mass is 35.5. The minimum atomic E-state index is -0.692. The molecule has 0 unspecified atom stereocenters. The fraction of sp³-hybridized carbons (Fsp3) is 0.200. The van der Waals surface area contributed by atoms with E-state index in [1.165, 1.54) is 24.3 Å². The summed E-state index contributed by atoms with van der Waals surface area (Å²) in [5.41, 5.74) is 4.48. The molecule has 8 nitrogen and oxygen atoms in total. The number of carbonyl (C=O) groups is 4. The topological polar surface area (TPSA) is 105 Å². The maximum atomic E-state index is 12.1. The lowest BCUT2D eigenvalue weighted by Gasteiger charge is -2.27. The maximum absolute atomic E-state index is 12.1. The van der Waals surface area contributed by atoms with Crippen molar-refractivity contribution in [3.05, 3.63) is 58.6 Å². The molecular formula is C20H18ClN3O5. The van der Waals surface area contributed by atoms with Gasteiger partial charge in [-0.25, -0.2) is 9.80 Å². The van der Waals surface area contributed by atoms with Gasteiger partial charge < -0.3 is 10.1 Å². The number of nitrogens with one attached hydrogen (secondary N) is 2. The van der Waals surface area contributed by atoms with E-state index in [2.05, 4.69) is 10.7 Å². The first-order valence-electron chi connectivity index (χ1n) is 8.79. The Bertz CT molecular complexity index is 975. The Hall–Kier alpha value is -3.39. The number of benzene rings is 2. The summed E-state index contributed by atoms with van der Waals surface area (Å²) in [6.45, 7) is 1.38. The van der Waals surface area contributed by atoms with Crippen LogP contribution in [-0.4, -0.2) is 30.3 Å². The molecular weight excluding hydrogens is 398 g/mol. The van der Waals surface area contributed by atoms with E-state index in [0.717, 1.165) is 10.6 Å². The Morgan fingerprint density at radius 3 is 2.55 bits per heavy atom. The van der Waals surface area contributed by atoms with Crippen LogP contribution in [0.15, 0.2) is 42.5 Å². The Morgan fingerprint density at radius 2 is 1.86 bits per heavy atom. The van der Waals surface area contributed by atoms with Crippen LogP contribution in [0.25, 0.3) is 0 Å². The first-order chi connectivity index (χ1) is 13.8. The van der Waals surface area contributed by atoms with Crippen molar-refractivity contribution in [1.29, 1.82) is 0 Å². The molecule has 150 valence electrons. The van der Waals surface area contributed by atoms with Gasteiger partial charge in [-0.05, 0) is 48.9 Å². The van der Waals surface area contributed by atoms with Gasteiger partial charge in [0, 0.05) is 23.6 Å². The fourth-order valence-corrected chi connectivity index (χ4v) is 2.79. The molecule has 1 aliphatic rings. The highest BCUT2D eigenvalue weighted by molar-refractivity contribution is 6.31. The summed E-state index contributed by atoms with van der Waals surface area (Å²) < 4.78 is 5.01. The predicted octanol–water partition coefficient (Wildman–Crippen LogP) is 2.60. The van der Waals surface area contributed by atoms with Gasteiger partial charge in [-0.15, -0.1) is 0 Å². The van der Waals surface area contributed by atoms with Crippen LogP contribution < -0.4 is 15.8 Å². The van der Waals surface area contributed by atoms with E-state index in [4.69, 9.17) is 16.3 Å². The van der Waals surface area contributed by atoms with Gasteiger partial charge in [0.2, 0.25) is 11.8 Å². The number of rotatable bonds is 5. The molecule has 0 spiro atoms. The molecule has 1 saturated heterocycles. The van der Waals surface area contributed by atoms with Gasteiger partial charge in [0.25, 0.3) is 5.91 Å². The third-order valence-corrected chi connectivity index (χ3v) is 4.61. The summed E-state index contributed by atoms with van der Waals surface area (Å²) in [6.07, 6.45) is 0.271. The number of nitrogens with zero attached hydrogens (tertiary/aromatic N) is 1. The van der Waals surface area contributed by atoms with Crippen LogP contribution in [0.3, 0.4) is 0 Å². The number of hydrogen-bond donors (Lipinski definition) is 2. The van der Waals surface area contributed by atoms with Crippen molar-refractivity contribution in [1.82, 2.24) is 5.43 Å². The third-order valence-electron chi connectivity index (χ3n) is 4.20. The molecule has 0 saturated carbocycles. The predicted molar refractivity (Wildman–Crippen MR) is 106 cm³/mol. The minimum Gasteiger partial charge on any atom is -0.452 e. The number of esters is 1. The summed E-state index contributed by atoms with van der Waals surface area (Å²) in [6, 6.07) is 11.0. The van der Waals surface area contributed by atoms with Crippen LogP contribution in [0.2, 0.25) is 5.02 Å². The maximum Gasteiger partial charge on any atom is 0.338 e. The molecule has 1 heterocycles. The Balaban J connectivity index is 1.55. The number of hydrogen-bond acceptors (Lipinski definition) is 5. The molecule has 29 heavy (non-hydrogen) atoms. The SMILES string of the molecule is Cc1ccc(NC(=O)COC(=O)c2ccc(N3NC(=O)CCC3=O)cc2)cc1Cl. The third kappa shape index (κ3) is 5.11. The summed E-state index contributed by atoms with van der Waals surface area (Å²) in [5.74, 6) is -1.69. The first kappa shape index (κ1) is 20.3. The Kier molecular flexibility index (Phi) is 6.13. The number of anilines is 2. The van der Waals surface area contributed by atoms with Crippen LogP contribution in [0.1, 0.15) is 28.8 Å². The van der Waals surface area contributed by atoms with Crippen LogP contribution in [-0.2, 0) is 19.1 Å². The van der Waals surface area contributed by atoms with Crippen molar-refractivity contribution in [3.63, 3.8) is 0 Å². The highest BCUT2D eigenvalue weighted by Gasteiger charge is 2.24. The van der Waals surface area contributed by atoms with Crippen molar-refractivity contribution in [2.75, 3.05) is 16.9 Å². The Labute approximate surface area is 171 Å². The molecule has 2 N–H and O–H groups in total. The summed E-state index contributed by atoms with van der Waals surface area (Å²) >= 11 is 6.01. The van der Waals surface area contributed by atoms with E-state index >= 15 is 0 Å². The van der Waals surface area contributed by atoms with Gasteiger partial charge in [-0.3, -0.25) is 19.8 Å². The summed E-state index contributed by atoms with van der Waals surface area (Å²) in [7, 11) is 0. The van der Waals surface area contributed by atoms with Gasteiger partial charge in [0.05, 0.1) is 11.3 Å². The first-order valence-corrected chi connectivity index (χ1v) is 9.17. The number of aryl methyl sites for hydroxylation is 1. The van der Waals surface area contributed by atoms with Crippen LogP contribution in [0.5, 0.6) is 0 Å². The number of hydrazine groups is 1. The van der Waals surface area contributed by atoms with E-state index in [1.807, 2.05) is 6.92 Å². The van der Waals surface area contributed by atoms with Crippen molar-refractivity contribution < 1.29 is 23.9 Å². The second-order valence-corrected chi connectivity index (χ2v) is 6.81. The number of halogens is 1. The zero-order valence-corrected chi connectivity index (χ0v) is 16.3. The minimum absolute atomic E-state index is 0.122. The highest BCUT2D eigenvalue weighted by Crippen LogP contribution is 2.20. The summed E-state index contributed by atoms with van der Waals surface area (Å²) in [4.78, 5) is 47.4. The lowest BCUT2D eigenvalue weighted by Crippen LogP contribution is -2.50. The van der Waals surface area contributed by atoms with E-state index in [-0.39, 0.29) is 30.2 Å². The zero-order valence-electron chi connectivity index (χ0n) is 15.5. The molecule has 1 fully saturated rings. The van der Waals surface area contributed by atoms with E-state index in [1.54, 1.807) is 18.2 Å². The molecule has 1 aliphatic heterocycles. The van der Waals surface area contributed by atoms with Crippen molar-refractivity contribution in [3.8, 4) is 0 Å². The average molecular weight is 416 g/mol. The smallest absolute Gasteiger partial charge is 0.338 e. The van der Waals surface area contributed by atoms with Gasteiger partial charge >= 0.3 is 5.97 Å². The quantitative estimate of drug-likeness (QED) is 0.730. The second kappa shape index (κ2) is 8.74. The van der Waals surface area contributed by atoms with Crippen molar-refractivity contribution in [2.45, 2.75) is 19.8 Å². The molecule has 2 aromatic rings. The lowest BCUT2D eigenvalue weighted by atomic mass is 10.2. The lowest BCUT2D eigenvalue weighted by molar-refractivity contribution is -0.130. The van der Waals surface area contributed by atoms with E-state index in [0.29, 0.717) is 16.4 Å². The summed E-state index contributed by atoms with van der Waals surface area (Å²) in [5, 5.41) is 4.25. The standard InChI is InChI=1S/C20H18ClN3O5/c1-12-2-5-14(10-16(12)21)22-18(26)11-29-20(28)13-3-6-15(7-4-13)24-19(27)9-8-17(25)23-24/h2-7,10H,8-9,11H2,1H3,(H,22,26)(H,23,25). The van der Waals surface area contributed by atoms with Gasteiger partial charge in [0.15, 0.2) is 6.61 Å². The molecule has 0 bridgehead atoms. The molecule has 0 radical (unpaired) electrons. The Morgan fingerprint density at radius 1 is 1.14 bits per heavy atom. The molecule has 3 rings (SSSR count). The van der Waals surface area contributed by atoms with Crippen molar-refractivity contribution in [2.24, 2.45) is 0 Å². The van der Waals surface area contributed by atoms with Gasteiger partial charge in [0.1, 0.15) is 0 Å². The van der Waals surface area contributed by atoms with Gasteiger partial charge in [-0.2, -0.15) is 0 Å². The monoisotopic (exact) mass is 415 g/mol. The molecule has 9 heteroatoms. The molecule has 0 aliphatic carbocycles. The number of amides is 3. The zero-order chi connectivity index (χ0) is 21.0. The van der Waals surface area contributed by atoms with Crippen molar-refractivity contribution >= 4 is 46.7 Å². The number of ether oxygens (including phenoxy) is 1. The van der Waals surface area contributed by atoms with Crippen LogP contribution >= 0.6 is 11.6 Å². The van der Waals surface area contributed by atoms with E-state index < -0.39 is 18.5 Å². The molecule has 3 amide bonds. The fourth-order valence-electron chi connectivity index (χ4n) is 2.61. The number of carbonyl (C=O) groups excluding carboxylic acids is 4. The van der Waals surface area contributed by atoms with Crippen LogP contribution in [0.4, 0.5) is 11.4 Å². The van der Waals surface area contributed by atoms with Crippen LogP contribution in [0, 0.1) is 6.92 Å². The van der Waals surface area contributed by atoms with Gasteiger partial charge in [-0.1, -0.05) is 17.7 Å². The largest absolute Gasteiger partial charge is 0.452 e. The molecule has 2 aromatic carbocycles. The molecule has 0 atom stereocenters. The van der Waals surface area contributed by atoms with E-state index in [9.17, 15) is 19.2 Å². The normalized spacial score (nSPS) is 13.7. The molecule has 0 aromatic heterocycles.